The maximum Gasteiger partial charge on any atom is 0.143 e. The first-order chi connectivity index (χ1) is 72.0. The average Bonchev–Trinajstić information content (AvgIpc) is 1.57. The smallest absolute Gasteiger partial charge is 0.143 e. The first-order valence-corrected chi connectivity index (χ1v) is 57.0. The van der Waals surface area contributed by atoms with Crippen molar-refractivity contribution in [3.05, 3.63) is 470 Å². The Balaban J connectivity index is 0.000000106. The van der Waals surface area contributed by atoms with Crippen molar-refractivity contribution in [3.8, 4) is 66.7 Å². The minimum Gasteiger partial charge on any atom is -0.489 e. The van der Waals surface area contributed by atoms with Gasteiger partial charge in [0.15, 0.2) is 0 Å². The molecule has 0 radical (unpaired) electrons. The minimum absolute atomic E-state index is 0.103. The van der Waals surface area contributed by atoms with Crippen molar-refractivity contribution in [1.82, 2.24) is 9.88 Å². The van der Waals surface area contributed by atoms with E-state index in [1.807, 2.05) is 29.2 Å². The summed E-state index contributed by atoms with van der Waals surface area (Å²) in [6.07, 6.45) is 8.06. The zero-order valence-corrected chi connectivity index (χ0v) is 94.0. The van der Waals surface area contributed by atoms with Crippen LogP contribution in [0.1, 0.15) is 325 Å². The van der Waals surface area contributed by atoms with Gasteiger partial charge in [0.25, 0.3) is 0 Å². The van der Waals surface area contributed by atoms with E-state index in [4.69, 9.17) is 18.6 Å². The van der Waals surface area contributed by atoms with E-state index in [1.165, 1.54) is 186 Å². The lowest BCUT2D eigenvalue weighted by molar-refractivity contribution is -0.0325. The van der Waals surface area contributed by atoms with Gasteiger partial charge >= 0.3 is 0 Å². The molecule has 1 saturated heterocycles. The molecule has 0 bridgehead atoms. The highest BCUT2D eigenvalue weighted by molar-refractivity contribution is 7.98. The second-order valence-electron chi connectivity index (χ2n) is 50.4. The monoisotopic (exact) mass is 2020 g/mol. The van der Waals surface area contributed by atoms with Gasteiger partial charge in [-0.1, -0.05) is 474 Å². The number of hydrogen-bond donors (Lipinski definition) is 1. The molecule has 0 amide bonds. The van der Waals surface area contributed by atoms with Gasteiger partial charge in [-0.15, -0.1) is 23.1 Å². The molecule has 1 saturated carbocycles. The van der Waals surface area contributed by atoms with Gasteiger partial charge in [0.05, 0.1) is 31.1 Å². The number of thioether (sulfide) groups is 1. The maximum absolute atomic E-state index is 6.41. The number of hydrogen-bond acceptors (Lipinski definition) is 7. The van der Waals surface area contributed by atoms with Crippen LogP contribution in [-0.4, -0.2) is 23.8 Å². The summed E-state index contributed by atoms with van der Waals surface area (Å²) in [6.45, 7) is 52.4. The number of furan rings is 1. The molecule has 0 spiro atoms. The number of rotatable bonds is 0. The van der Waals surface area contributed by atoms with Gasteiger partial charge in [0.2, 0.25) is 0 Å². The average molecular weight is 2020 g/mol. The van der Waals surface area contributed by atoms with Gasteiger partial charge in [0.1, 0.15) is 29.8 Å². The van der Waals surface area contributed by atoms with Crippen LogP contribution >= 0.6 is 23.1 Å². The van der Waals surface area contributed by atoms with Gasteiger partial charge in [-0.3, -0.25) is 0 Å². The lowest BCUT2D eigenvalue weighted by atomic mass is 9.64. The molecule has 8 heterocycles. The van der Waals surface area contributed by atoms with Crippen LogP contribution in [0.4, 0.5) is 0 Å². The molecule has 17 aromatic rings. The van der Waals surface area contributed by atoms with Crippen molar-refractivity contribution in [3.63, 3.8) is 0 Å². The highest BCUT2D eigenvalue weighted by Crippen LogP contribution is 2.60. The molecule has 11 unspecified atom stereocenters. The SMILES string of the molecule is CC(C)(C)C1c2ccccc2-c2cccn2-c2ccccc21.CC(C)(C)C1c2ccccc2-c2ccsc2-c2ccccc21.CC(C)(C)C1c2ccccc2-c2oc3ccccc3c2-c2ccccc21.CC(C)(C)C1c2ccccc2C2NCCOC2c2ccccc21.CC(C)(C)C1c2ccccc2COC2CCCCC21.CC(C)(C)C1c2ccccc2COc2ccccc21.CC(C)(C)C1c2ccccc2CSc2ccccc21. The highest BCUT2D eigenvalue weighted by Gasteiger charge is 2.47. The van der Waals surface area contributed by atoms with Crippen LogP contribution in [0.25, 0.3) is 71.9 Å². The number of nitrogens with zero attached hydrogens (tertiary/aromatic N) is 1. The molecule has 6 nitrogen and oxygen atoms in total. The Morgan fingerprint density at radius 2 is 0.740 bits per heavy atom. The molecular weight excluding hydrogens is 1860 g/mol. The number of ether oxygens (including phenoxy) is 3. The van der Waals surface area contributed by atoms with E-state index in [0.717, 1.165) is 42.6 Å². The molecule has 3 aromatic heterocycles. The summed E-state index contributed by atoms with van der Waals surface area (Å²) in [7, 11) is 0. The third-order valence-electron chi connectivity index (χ3n) is 32.6. The normalized spacial score (nSPS) is 20.2. The van der Waals surface area contributed by atoms with Gasteiger partial charge in [0, 0.05) is 103 Å². The topological polar surface area (TPSA) is 57.8 Å². The summed E-state index contributed by atoms with van der Waals surface area (Å²) in [6, 6.07) is 130. The van der Waals surface area contributed by atoms with Crippen molar-refractivity contribution in [2.24, 2.45) is 43.8 Å². The van der Waals surface area contributed by atoms with E-state index < -0.39 is 0 Å². The summed E-state index contributed by atoms with van der Waals surface area (Å²) in [5, 5.41) is 7.12. The summed E-state index contributed by atoms with van der Waals surface area (Å²) in [4.78, 5) is 2.86. The molecule has 26 rings (SSSR count). The molecule has 11 atom stereocenters. The number of nitrogens with one attached hydrogen (secondary N) is 1. The van der Waals surface area contributed by atoms with Crippen molar-refractivity contribution in [1.29, 1.82) is 0 Å². The lowest BCUT2D eigenvalue weighted by Crippen LogP contribution is -2.37. The summed E-state index contributed by atoms with van der Waals surface area (Å²) < 4.78 is 27.3. The molecule has 4 aliphatic carbocycles. The Bertz CT molecular complexity index is 7110. The first kappa shape index (κ1) is 105. The van der Waals surface area contributed by atoms with E-state index in [9.17, 15) is 0 Å². The van der Waals surface area contributed by atoms with Crippen molar-refractivity contribution in [2.45, 2.75) is 255 Å². The summed E-state index contributed by atoms with van der Waals surface area (Å²) in [5.41, 5.74) is 39.7. The molecule has 8 heteroatoms. The van der Waals surface area contributed by atoms with Gasteiger partial charge in [-0.05, 0) is 222 Å². The quantitative estimate of drug-likeness (QED) is 0.163. The Labute approximate surface area is 903 Å². The molecule has 2 fully saturated rings. The van der Waals surface area contributed by atoms with E-state index >= 15 is 0 Å². The zero-order chi connectivity index (χ0) is 105. The van der Waals surface area contributed by atoms with Crippen LogP contribution in [0.2, 0.25) is 0 Å². The van der Waals surface area contributed by atoms with E-state index in [2.05, 4.69) is 519 Å². The number of benzene rings is 14. The van der Waals surface area contributed by atoms with Crippen LogP contribution in [0, 0.1) is 43.8 Å². The van der Waals surface area contributed by atoms with Crippen LogP contribution in [0.3, 0.4) is 0 Å². The highest BCUT2D eigenvalue weighted by atomic mass is 32.2. The van der Waals surface area contributed by atoms with E-state index in [0.29, 0.717) is 65.5 Å². The Hall–Kier alpha value is -12.4. The predicted molar refractivity (Wildman–Crippen MR) is 632 cm³/mol. The van der Waals surface area contributed by atoms with Crippen LogP contribution in [-0.2, 0) is 28.4 Å². The molecule has 768 valence electrons. The number of thiophene rings is 1. The first-order valence-electron chi connectivity index (χ1n) is 55.1. The second-order valence-corrected chi connectivity index (χ2v) is 52.3. The van der Waals surface area contributed by atoms with Crippen LogP contribution in [0.15, 0.2) is 379 Å². The lowest BCUT2D eigenvalue weighted by Gasteiger charge is -2.42. The Morgan fingerprint density at radius 1 is 0.313 bits per heavy atom. The molecule has 9 aliphatic rings. The summed E-state index contributed by atoms with van der Waals surface area (Å²) in [5.74, 6) is 6.81. The predicted octanol–water partition coefficient (Wildman–Crippen LogP) is 39.2. The fourth-order valence-corrected chi connectivity index (χ4v) is 28.9. The van der Waals surface area contributed by atoms with Crippen molar-refractivity contribution < 1.29 is 18.6 Å². The second kappa shape index (κ2) is 43.0. The minimum atomic E-state index is 0.103. The largest absolute Gasteiger partial charge is 0.489 e. The third kappa shape index (κ3) is 21.2. The van der Waals surface area contributed by atoms with E-state index in [-0.39, 0.29) is 44.6 Å². The fourth-order valence-electron chi connectivity index (χ4n) is 26.8. The number of morpholine rings is 1. The Kier molecular flexibility index (Phi) is 30.1. The molecule has 150 heavy (non-hydrogen) atoms. The fraction of sp³-hybridized carbons (Fsp3) is 0.338. The molecule has 14 aromatic carbocycles. The molecule has 1 N–H and O–H groups in total. The van der Waals surface area contributed by atoms with Gasteiger partial charge < -0.3 is 28.5 Å². The number of fused-ring (bicyclic) bond motifs is 28. The van der Waals surface area contributed by atoms with Crippen molar-refractivity contribution >= 4 is 34.1 Å². The zero-order valence-electron chi connectivity index (χ0n) is 92.3. The maximum atomic E-state index is 6.41. The van der Waals surface area contributed by atoms with E-state index in [1.54, 1.807) is 5.56 Å². The number of para-hydroxylation sites is 3. The third-order valence-corrected chi connectivity index (χ3v) is 34.7. The Morgan fingerprint density at radius 3 is 1.37 bits per heavy atom. The van der Waals surface area contributed by atoms with Crippen LogP contribution in [0.5, 0.6) is 5.75 Å². The van der Waals surface area contributed by atoms with Crippen molar-refractivity contribution in [2.75, 3.05) is 13.2 Å². The van der Waals surface area contributed by atoms with Gasteiger partial charge in [-0.25, -0.2) is 0 Å². The number of aromatic nitrogens is 1. The molecular formula is C142H154N2O4S2. The standard InChI is InChI=1S/C25H22O.C21H25NO.C21H21N.C21H20S.C18H26O.C18H20O.C18H20S/c1-25(2,3)23-17-11-5-4-10-16(17)22-20-14-8-9-15-21(20)26-24(22)19-13-7-6-12-18(19)23;1-21(2,3)18-14-8-4-6-10-16(14)19-20(23-13-12-22-19)17-11-7-5-9-15(17)18;1-21(2,3)20-16-10-5-4-9-15(16)18-13-8-14-22(18)19-12-7-6-11-17(19)20;1-21(2,3)19-15-9-5-4-8-14(15)18-12-13-22-20(18)17-11-7-6-10-16(17)19;3*1-18(2,3)17-14-9-5-4-8-13(14)12-19-16-11-7-6-10-15(16)17/h4-15,23H,1-3H3;4-11,18-20,22H,12-13H2,1-3H3;4-14,20H,1-3H3;4-13,19H,1-3H3;4-5,8-9,15-17H,6-7,10-12H2,1-3H3;2*4-11,17H,12H2,1-3H3. The molecule has 5 aliphatic heterocycles. The van der Waals surface area contributed by atoms with Gasteiger partial charge in [-0.2, -0.15) is 0 Å². The summed E-state index contributed by atoms with van der Waals surface area (Å²) >= 11 is 3.83. The van der Waals surface area contributed by atoms with Crippen LogP contribution < -0.4 is 10.1 Å².